The van der Waals surface area contributed by atoms with Gasteiger partial charge in [-0.2, -0.15) is 0 Å². The molecule has 1 aromatic carbocycles. The third-order valence-corrected chi connectivity index (χ3v) is 9.23. The summed E-state index contributed by atoms with van der Waals surface area (Å²) in [5.41, 5.74) is 1.51. The molecular weight excluding hydrogens is 391 g/mol. The molecule has 1 aliphatic carbocycles. The number of rotatable bonds is 4. The molecule has 0 radical (unpaired) electrons. The second-order valence-electron chi connectivity index (χ2n) is 8.38. The number of benzene rings is 1. The molecule has 1 spiro atoms. The van der Waals surface area contributed by atoms with E-state index in [-0.39, 0.29) is 16.6 Å². The molecule has 2 aliphatic heterocycles. The van der Waals surface area contributed by atoms with Crippen LogP contribution in [-0.2, 0) is 22.1 Å². The van der Waals surface area contributed by atoms with Crippen LogP contribution in [0, 0.1) is 5.82 Å². The van der Waals surface area contributed by atoms with Gasteiger partial charge in [-0.05, 0) is 44.4 Å². The van der Waals surface area contributed by atoms with Crippen molar-refractivity contribution < 1.29 is 12.8 Å². The summed E-state index contributed by atoms with van der Waals surface area (Å²) in [7, 11) is -3.14. The van der Waals surface area contributed by atoms with Crippen molar-refractivity contribution in [3.05, 3.63) is 42.1 Å². The number of imidazole rings is 1. The first-order chi connectivity index (χ1) is 14.0. The molecule has 2 aromatic rings. The number of halogens is 1. The van der Waals surface area contributed by atoms with Gasteiger partial charge in [0.2, 0.25) is 10.0 Å². The van der Waals surface area contributed by atoms with Gasteiger partial charge in [0.05, 0.1) is 22.7 Å². The van der Waals surface area contributed by atoms with Crippen LogP contribution >= 0.6 is 0 Å². The lowest BCUT2D eigenvalue weighted by atomic mass is 9.84. The second kappa shape index (κ2) is 6.89. The van der Waals surface area contributed by atoms with Crippen LogP contribution in [0.5, 0.6) is 0 Å². The molecule has 1 saturated carbocycles. The molecule has 0 N–H and O–H groups in total. The number of fused-ring (bicyclic) bond motifs is 2. The third-order valence-electron chi connectivity index (χ3n) is 6.83. The summed E-state index contributed by atoms with van der Waals surface area (Å²) in [4.78, 5) is 7.25. The fourth-order valence-electron chi connectivity index (χ4n) is 5.12. The molecule has 3 aliphatic rings. The highest BCUT2D eigenvalue weighted by atomic mass is 32.2. The van der Waals surface area contributed by atoms with Crippen LogP contribution in [-0.4, -0.2) is 58.6 Å². The Labute approximate surface area is 171 Å². The van der Waals surface area contributed by atoms with Gasteiger partial charge in [0, 0.05) is 31.7 Å². The Kier molecular flexibility index (Phi) is 4.56. The Bertz CT molecular complexity index is 1020. The predicted molar refractivity (Wildman–Crippen MR) is 109 cm³/mol. The summed E-state index contributed by atoms with van der Waals surface area (Å²) in [5, 5.41) is -0.160. The number of hydrogen-bond acceptors (Lipinski definition) is 4. The minimum Gasteiger partial charge on any atom is -0.325 e. The van der Waals surface area contributed by atoms with Gasteiger partial charge in [-0.15, -0.1) is 0 Å². The van der Waals surface area contributed by atoms with Crippen LogP contribution < -0.4 is 0 Å². The highest BCUT2D eigenvalue weighted by Gasteiger charge is 2.50. The minimum absolute atomic E-state index is 0.160. The molecule has 1 aromatic heterocycles. The number of hydrogen-bond donors (Lipinski definition) is 0. The zero-order valence-corrected chi connectivity index (χ0v) is 17.5. The lowest BCUT2D eigenvalue weighted by molar-refractivity contribution is 0.0100. The Morgan fingerprint density at radius 2 is 1.93 bits per heavy atom. The van der Waals surface area contributed by atoms with Crippen LogP contribution in [0.25, 0.3) is 11.3 Å². The van der Waals surface area contributed by atoms with Gasteiger partial charge < -0.3 is 4.57 Å². The van der Waals surface area contributed by atoms with Crippen LogP contribution in [0.4, 0.5) is 4.39 Å². The maximum atomic E-state index is 13.8. The molecule has 156 valence electrons. The smallest absolute Gasteiger partial charge is 0.216 e. The zero-order chi connectivity index (χ0) is 20.2. The Morgan fingerprint density at radius 3 is 2.59 bits per heavy atom. The van der Waals surface area contributed by atoms with E-state index in [1.54, 1.807) is 16.4 Å². The molecule has 8 heteroatoms. The van der Waals surface area contributed by atoms with Crippen molar-refractivity contribution in [1.82, 2.24) is 18.8 Å². The van der Waals surface area contributed by atoms with E-state index in [1.165, 1.54) is 6.07 Å². The van der Waals surface area contributed by atoms with Gasteiger partial charge in [-0.3, -0.25) is 4.90 Å². The third kappa shape index (κ3) is 3.04. The van der Waals surface area contributed by atoms with Crippen molar-refractivity contribution in [2.24, 2.45) is 0 Å². The predicted octanol–water partition coefficient (Wildman–Crippen LogP) is 2.81. The summed E-state index contributed by atoms with van der Waals surface area (Å²) in [6.45, 7) is 5.83. The van der Waals surface area contributed by atoms with Gasteiger partial charge >= 0.3 is 0 Å². The first-order valence-corrected chi connectivity index (χ1v) is 12.0. The quantitative estimate of drug-likeness (QED) is 0.766. The average Bonchev–Trinajstić information content (AvgIpc) is 3.49. The van der Waals surface area contributed by atoms with Crippen molar-refractivity contribution in [2.75, 3.05) is 26.2 Å². The highest BCUT2D eigenvalue weighted by molar-refractivity contribution is 7.90. The van der Waals surface area contributed by atoms with E-state index < -0.39 is 10.0 Å². The lowest BCUT2D eigenvalue weighted by Gasteiger charge is -2.50. The molecule has 6 nitrogen and oxygen atoms in total. The van der Waals surface area contributed by atoms with Crippen LogP contribution in [0.1, 0.15) is 38.4 Å². The first kappa shape index (κ1) is 19.2. The van der Waals surface area contributed by atoms with Crippen molar-refractivity contribution >= 4 is 10.0 Å². The maximum Gasteiger partial charge on any atom is 0.216 e. The summed E-state index contributed by atoms with van der Waals surface area (Å²) in [6.07, 6.45) is 4.93. The van der Waals surface area contributed by atoms with Gasteiger partial charge in [0.15, 0.2) is 0 Å². The Balaban J connectivity index is 1.49. The van der Waals surface area contributed by atoms with Crippen molar-refractivity contribution in [3.63, 3.8) is 0 Å². The van der Waals surface area contributed by atoms with Gasteiger partial charge in [0.25, 0.3) is 0 Å². The first-order valence-electron chi connectivity index (χ1n) is 10.5. The molecular formula is C21H27FN4O2S. The normalized spacial score (nSPS) is 22.7. The van der Waals surface area contributed by atoms with E-state index in [4.69, 9.17) is 4.98 Å². The van der Waals surface area contributed by atoms with Crippen molar-refractivity contribution in [2.45, 2.75) is 49.9 Å². The number of sulfonamides is 1. The fraction of sp³-hybridized carbons (Fsp3) is 0.571. The standard InChI is InChI=1S/C21H27FN4O2S/c1-2-24-12-13-26-19(16-4-3-5-17(22)14-16)15-23-20(26)21(24)8-10-25(11-9-21)29(27,28)18-6-7-18/h3-5,14-15,18H,2,6-13H2,1H3. The van der Waals surface area contributed by atoms with Crippen LogP contribution in [0.15, 0.2) is 30.5 Å². The maximum absolute atomic E-state index is 13.8. The average molecular weight is 419 g/mol. The van der Waals surface area contributed by atoms with Gasteiger partial charge in [-0.1, -0.05) is 19.1 Å². The van der Waals surface area contributed by atoms with E-state index in [1.807, 2.05) is 12.3 Å². The van der Waals surface area contributed by atoms with Gasteiger partial charge in [0.1, 0.15) is 11.6 Å². The number of likely N-dealkylation sites (N-methyl/N-ethyl adjacent to an activating group) is 1. The van der Waals surface area contributed by atoms with E-state index in [0.717, 1.165) is 62.4 Å². The molecule has 3 heterocycles. The number of aromatic nitrogens is 2. The molecule has 0 unspecified atom stereocenters. The summed E-state index contributed by atoms with van der Waals surface area (Å²) >= 11 is 0. The molecule has 2 fully saturated rings. The Hall–Kier alpha value is -1.77. The monoisotopic (exact) mass is 418 g/mol. The second-order valence-corrected chi connectivity index (χ2v) is 10.6. The van der Waals surface area contributed by atoms with E-state index in [9.17, 15) is 12.8 Å². The van der Waals surface area contributed by atoms with Crippen LogP contribution in [0.2, 0.25) is 0 Å². The largest absolute Gasteiger partial charge is 0.325 e. The van der Waals surface area contributed by atoms with Crippen molar-refractivity contribution in [1.29, 1.82) is 0 Å². The number of nitrogens with zero attached hydrogens (tertiary/aromatic N) is 4. The van der Waals surface area contributed by atoms with E-state index in [2.05, 4.69) is 16.4 Å². The fourth-order valence-corrected chi connectivity index (χ4v) is 6.96. The summed E-state index contributed by atoms with van der Waals surface area (Å²) in [6, 6.07) is 6.64. The van der Waals surface area contributed by atoms with Crippen LogP contribution in [0.3, 0.4) is 0 Å². The van der Waals surface area contributed by atoms with E-state index in [0.29, 0.717) is 13.1 Å². The molecule has 1 saturated heterocycles. The zero-order valence-electron chi connectivity index (χ0n) is 16.7. The van der Waals surface area contributed by atoms with E-state index >= 15 is 0 Å². The highest BCUT2D eigenvalue weighted by Crippen LogP contribution is 2.44. The molecule has 0 bridgehead atoms. The van der Waals surface area contributed by atoms with Gasteiger partial charge in [-0.25, -0.2) is 22.1 Å². The molecule has 0 amide bonds. The minimum atomic E-state index is -3.14. The molecule has 0 atom stereocenters. The SMILES string of the molecule is CCN1CCn2c(-c3cccc(F)c3)cnc2C12CCN(S(=O)(=O)C1CC1)CC2. The molecule has 5 rings (SSSR count). The summed E-state index contributed by atoms with van der Waals surface area (Å²) < 4.78 is 43.1. The number of piperidine rings is 1. The topological polar surface area (TPSA) is 58.4 Å². The lowest BCUT2D eigenvalue weighted by Crippen LogP contribution is -2.58. The van der Waals surface area contributed by atoms with Crippen molar-refractivity contribution in [3.8, 4) is 11.3 Å². The Morgan fingerprint density at radius 1 is 1.17 bits per heavy atom. The summed E-state index contributed by atoms with van der Waals surface area (Å²) in [5.74, 6) is 0.741. The molecule has 29 heavy (non-hydrogen) atoms.